The Labute approximate surface area is 97.6 Å². The maximum Gasteiger partial charge on any atom is 0.212 e. The molecule has 1 aliphatic carbocycles. The van der Waals surface area contributed by atoms with E-state index in [1.807, 2.05) is 13.8 Å². The van der Waals surface area contributed by atoms with Gasteiger partial charge in [0.2, 0.25) is 10.0 Å². The molecule has 1 N–H and O–H groups in total. The van der Waals surface area contributed by atoms with E-state index in [0.29, 0.717) is 5.88 Å². The Bertz CT molecular complexity index is 297. The molecule has 0 aromatic heterocycles. The van der Waals surface area contributed by atoms with Gasteiger partial charge in [-0.1, -0.05) is 19.8 Å². The van der Waals surface area contributed by atoms with Crippen LogP contribution in [0.15, 0.2) is 0 Å². The van der Waals surface area contributed by atoms with E-state index in [9.17, 15) is 8.42 Å². The van der Waals surface area contributed by atoms with Crippen molar-refractivity contribution in [1.29, 1.82) is 0 Å². The van der Waals surface area contributed by atoms with Crippen molar-refractivity contribution >= 4 is 21.6 Å². The third-order valence-electron chi connectivity index (χ3n) is 2.88. The highest BCUT2D eigenvalue weighted by Gasteiger charge is 2.33. The summed E-state index contributed by atoms with van der Waals surface area (Å²) in [5.41, 5.74) is -0.217. The topological polar surface area (TPSA) is 46.2 Å². The number of rotatable bonds is 5. The standard InChI is InChI=1S/C10H20ClNO2S/c1-9(7-11)8-15(13,14)12-10(2)5-3-4-6-10/h9,12H,3-8H2,1-2H3. The van der Waals surface area contributed by atoms with Gasteiger partial charge in [-0.2, -0.15) is 0 Å². The highest BCUT2D eigenvalue weighted by Crippen LogP contribution is 2.29. The SMILES string of the molecule is CC(CCl)CS(=O)(=O)NC1(C)CCCC1. The number of nitrogens with one attached hydrogen (secondary N) is 1. The summed E-state index contributed by atoms with van der Waals surface area (Å²) in [6.07, 6.45) is 4.12. The lowest BCUT2D eigenvalue weighted by molar-refractivity contribution is 0.425. The third kappa shape index (κ3) is 4.29. The molecular formula is C10H20ClNO2S. The molecule has 1 fully saturated rings. The van der Waals surface area contributed by atoms with Crippen molar-refractivity contribution in [2.45, 2.75) is 45.1 Å². The Morgan fingerprint density at radius 3 is 2.40 bits per heavy atom. The first-order valence-corrected chi connectivity index (χ1v) is 7.63. The van der Waals surface area contributed by atoms with E-state index in [1.54, 1.807) is 0 Å². The molecule has 0 bridgehead atoms. The van der Waals surface area contributed by atoms with Crippen LogP contribution in [0.5, 0.6) is 0 Å². The number of hydrogen-bond acceptors (Lipinski definition) is 2. The van der Waals surface area contributed by atoms with Crippen molar-refractivity contribution in [2.24, 2.45) is 5.92 Å². The summed E-state index contributed by atoms with van der Waals surface area (Å²) in [6.45, 7) is 3.84. The second kappa shape index (κ2) is 5.02. The second-order valence-corrected chi connectivity index (χ2v) is 6.99. The van der Waals surface area contributed by atoms with Gasteiger partial charge in [0.25, 0.3) is 0 Å². The Balaban J connectivity index is 2.55. The van der Waals surface area contributed by atoms with E-state index < -0.39 is 10.0 Å². The molecular weight excluding hydrogens is 234 g/mol. The van der Waals surface area contributed by atoms with Gasteiger partial charge >= 0.3 is 0 Å². The minimum absolute atomic E-state index is 0.00849. The lowest BCUT2D eigenvalue weighted by Crippen LogP contribution is -2.45. The van der Waals surface area contributed by atoms with Gasteiger partial charge in [-0.05, 0) is 25.7 Å². The zero-order chi connectivity index (χ0) is 11.5. The van der Waals surface area contributed by atoms with Crippen LogP contribution in [0.4, 0.5) is 0 Å². The zero-order valence-corrected chi connectivity index (χ0v) is 11.0. The van der Waals surface area contributed by atoms with Gasteiger partial charge in [-0.15, -0.1) is 11.6 Å². The van der Waals surface area contributed by atoms with Crippen LogP contribution >= 0.6 is 11.6 Å². The summed E-state index contributed by atoms with van der Waals surface area (Å²) < 4.78 is 26.4. The van der Waals surface area contributed by atoms with E-state index in [1.165, 1.54) is 0 Å². The Kier molecular flexibility index (Phi) is 4.44. The van der Waals surface area contributed by atoms with Crippen molar-refractivity contribution in [2.75, 3.05) is 11.6 Å². The minimum Gasteiger partial charge on any atom is -0.212 e. The summed E-state index contributed by atoms with van der Waals surface area (Å²) in [7, 11) is -3.17. The van der Waals surface area contributed by atoms with Gasteiger partial charge in [0.1, 0.15) is 0 Å². The molecule has 0 radical (unpaired) electrons. The highest BCUT2D eigenvalue weighted by molar-refractivity contribution is 7.89. The molecule has 90 valence electrons. The van der Waals surface area contributed by atoms with Crippen molar-refractivity contribution < 1.29 is 8.42 Å². The molecule has 0 aromatic carbocycles. The smallest absolute Gasteiger partial charge is 0.212 e. The maximum atomic E-state index is 11.8. The average Bonchev–Trinajstić information content (AvgIpc) is 2.49. The van der Waals surface area contributed by atoms with Crippen LogP contribution in [0.25, 0.3) is 0 Å². The lowest BCUT2D eigenvalue weighted by Gasteiger charge is -2.25. The third-order valence-corrected chi connectivity index (χ3v) is 5.21. The fourth-order valence-electron chi connectivity index (χ4n) is 2.09. The minimum atomic E-state index is -3.17. The molecule has 1 rings (SSSR count). The van der Waals surface area contributed by atoms with Crippen LogP contribution < -0.4 is 4.72 Å². The van der Waals surface area contributed by atoms with E-state index in [-0.39, 0.29) is 17.2 Å². The van der Waals surface area contributed by atoms with E-state index >= 15 is 0 Å². The van der Waals surface area contributed by atoms with Crippen LogP contribution in [-0.4, -0.2) is 25.6 Å². The van der Waals surface area contributed by atoms with Gasteiger partial charge < -0.3 is 0 Å². The normalized spacial score (nSPS) is 22.9. The van der Waals surface area contributed by atoms with Crippen LogP contribution in [0.2, 0.25) is 0 Å². The molecule has 0 amide bonds. The number of alkyl halides is 1. The predicted molar refractivity (Wildman–Crippen MR) is 63.7 cm³/mol. The fraction of sp³-hybridized carbons (Fsp3) is 1.00. The summed E-state index contributed by atoms with van der Waals surface area (Å²) in [5, 5.41) is 0. The molecule has 0 spiro atoms. The zero-order valence-electron chi connectivity index (χ0n) is 9.42. The van der Waals surface area contributed by atoms with Crippen molar-refractivity contribution in [3.05, 3.63) is 0 Å². The van der Waals surface area contributed by atoms with E-state index in [2.05, 4.69) is 4.72 Å². The largest absolute Gasteiger partial charge is 0.212 e. The predicted octanol–water partition coefficient (Wildman–Crippen LogP) is 2.11. The van der Waals surface area contributed by atoms with Crippen LogP contribution in [0, 0.1) is 5.92 Å². The van der Waals surface area contributed by atoms with E-state index in [0.717, 1.165) is 25.7 Å². The van der Waals surface area contributed by atoms with Gasteiger partial charge in [-0.3, -0.25) is 0 Å². The van der Waals surface area contributed by atoms with Crippen LogP contribution in [-0.2, 0) is 10.0 Å². The lowest BCUT2D eigenvalue weighted by atomic mass is 10.0. The van der Waals surface area contributed by atoms with Crippen LogP contribution in [0.3, 0.4) is 0 Å². The van der Waals surface area contributed by atoms with Gasteiger partial charge in [-0.25, -0.2) is 13.1 Å². The summed E-state index contributed by atoms with van der Waals surface area (Å²) in [5.74, 6) is 0.526. The Morgan fingerprint density at radius 2 is 1.93 bits per heavy atom. The quantitative estimate of drug-likeness (QED) is 0.763. The monoisotopic (exact) mass is 253 g/mol. The summed E-state index contributed by atoms with van der Waals surface area (Å²) in [6, 6.07) is 0. The molecule has 3 nitrogen and oxygen atoms in total. The van der Waals surface area contributed by atoms with Gasteiger partial charge in [0.05, 0.1) is 5.75 Å². The molecule has 1 aliphatic rings. The molecule has 0 aromatic rings. The first kappa shape index (κ1) is 13.3. The van der Waals surface area contributed by atoms with Crippen molar-refractivity contribution in [3.8, 4) is 0 Å². The first-order chi connectivity index (χ1) is 6.87. The molecule has 1 unspecified atom stereocenters. The average molecular weight is 254 g/mol. The fourth-order valence-corrected chi connectivity index (χ4v) is 4.24. The van der Waals surface area contributed by atoms with Gasteiger partial charge in [0, 0.05) is 11.4 Å². The first-order valence-electron chi connectivity index (χ1n) is 5.44. The summed E-state index contributed by atoms with van der Waals surface area (Å²) in [4.78, 5) is 0. The second-order valence-electron chi connectivity index (χ2n) is 4.91. The maximum absolute atomic E-state index is 11.8. The highest BCUT2D eigenvalue weighted by atomic mass is 35.5. The molecule has 1 atom stereocenters. The molecule has 5 heteroatoms. The molecule has 15 heavy (non-hydrogen) atoms. The Morgan fingerprint density at radius 1 is 1.40 bits per heavy atom. The number of sulfonamides is 1. The van der Waals surface area contributed by atoms with Crippen molar-refractivity contribution in [1.82, 2.24) is 4.72 Å². The van der Waals surface area contributed by atoms with Crippen molar-refractivity contribution in [3.63, 3.8) is 0 Å². The van der Waals surface area contributed by atoms with Gasteiger partial charge in [0.15, 0.2) is 0 Å². The number of halogens is 1. The molecule has 0 aliphatic heterocycles. The molecule has 0 saturated heterocycles. The van der Waals surface area contributed by atoms with E-state index in [4.69, 9.17) is 11.6 Å². The molecule has 1 saturated carbocycles. The Hall–Kier alpha value is 0.200. The summed E-state index contributed by atoms with van der Waals surface area (Å²) >= 11 is 5.62. The van der Waals surface area contributed by atoms with Crippen LogP contribution in [0.1, 0.15) is 39.5 Å². The number of hydrogen-bond donors (Lipinski definition) is 1. The molecule has 0 heterocycles.